The molecular weight excluding hydrogens is 521 g/mol. The molecule has 3 aromatic carbocycles. The number of carbonyl (C=O) groups is 1. The minimum absolute atomic E-state index is 0.166. The quantitative estimate of drug-likeness (QED) is 0.201. The zero-order chi connectivity index (χ0) is 27.9. The molecule has 198 valence electrons. The first-order valence-corrected chi connectivity index (χ1v) is 12.7. The minimum atomic E-state index is -0.541. The number of amides is 1. The van der Waals surface area contributed by atoms with E-state index < -0.39 is 5.82 Å². The molecule has 0 spiro atoms. The number of phenols is 1. The summed E-state index contributed by atoms with van der Waals surface area (Å²) < 4.78 is 14.0. The van der Waals surface area contributed by atoms with Crippen LogP contribution in [0.1, 0.15) is 10.4 Å². The number of aromatic amines is 2. The summed E-state index contributed by atoms with van der Waals surface area (Å²) in [6, 6.07) is 23.9. The molecule has 0 unspecified atom stereocenters. The summed E-state index contributed by atoms with van der Waals surface area (Å²) in [5, 5.41) is 20.3. The van der Waals surface area contributed by atoms with Gasteiger partial charge in [0.2, 0.25) is 0 Å². The highest BCUT2D eigenvalue weighted by molar-refractivity contribution is 6.04. The van der Waals surface area contributed by atoms with Crippen molar-refractivity contribution in [2.75, 3.05) is 5.32 Å². The maximum absolute atomic E-state index is 14.0. The lowest BCUT2D eigenvalue weighted by molar-refractivity contribution is 0.102. The Hall–Kier alpha value is -5.90. The third-order valence-electron chi connectivity index (χ3n) is 6.67. The number of nitrogens with zero attached hydrogens (tertiary/aromatic N) is 4. The Kier molecular flexibility index (Phi) is 5.71. The molecule has 4 N–H and O–H groups in total. The van der Waals surface area contributed by atoms with E-state index in [1.165, 1.54) is 12.1 Å². The molecule has 0 aliphatic rings. The van der Waals surface area contributed by atoms with Crippen molar-refractivity contribution in [2.45, 2.75) is 0 Å². The van der Waals surface area contributed by atoms with Gasteiger partial charge in [-0.15, -0.1) is 0 Å². The van der Waals surface area contributed by atoms with Gasteiger partial charge in [0, 0.05) is 29.0 Å². The number of carbonyl (C=O) groups excluding carboxylic acids is 1. The maximum atomic E-state index is 14.0. The number of para-hydroxylation sites is 1. The summed E-state index contributed by atoms with van der Waals surface area (Å²) in [6.07, 6.45) is 3.25. The first-order chi connectivity index (χ1) is 20.0. The molecule has 0 bridgehead atoms. The zero-order valence-electron chi connectivity index (χ0n) is 21.3. The SMILES string of the molecule is O=C(Nc1cncc(-c2ccc3[nH]nc(-c4nc5c(-c6cc(O)cc(F)c6)cccc5[nH]4)c3n2)c1)c1ccccc1. The van der Waals surface area contributed by atoms with E-state index in [0.717, 1.165) is 11.6 Å². The van der Waals surface area contributed by atoms with Crippen LogP contribution in [0.5, 0.6) is 5.75 Å². The van der Waals surface area contributed by atoms with Gasteiger partial charge in [0.15, 0.2) is 11.5 Å². The summed E-state index contributed by atoms with van der Waals surface area (Å²) in [4.78, 5) is 29.8. The van der Waals surface area contributed by atoms with Crippen LogP contribution in [0.4, 0.5) is 10.1 Å². The van der Waals surface area contributed by atoms with Gasteiger partial charge in [0.1, 0.15) is 17.1 Å². The number of phenolic OH excluding ortho intramolecular Hbond substituents is 1. The Bertz CT molecular complexity index is 2070. The van der Waals surface area contributed by atoms with Gasteiger partial charge >= 0.3 is 0 Å². The van der Waals surface area contributed by atoms with Crippen molar-refractivity contribution in [1.82, 2.24) is 30.1 Å². The molecule has 4 aromatic heterocycles. The second kappa shape index (κ2) is 9.69. The highest BCUT2D eigenvalue weighted by Gasteiger charge is 2.18. The fourth-order valence-corrected chi connectivity index (χ4v) is 4.77. The first-order valence-electron chi connectivity index (χ1n) is 12.7. The van der Waals surface area contributed by atoms with E-state index in [1.807, 2.05) is 42.5 Å². The summed E-state index contributed by atoms with van der Waals surface area (Å²) in [7, 11) is 0. The molecule has 0 saturated heterocycles. The number of pyridine rings is 2. The van der Waals surface area contributed by atoms with Crippen LogP contribution in [0.15, 0.2) is 97.3 Å². The number of rotatable bonds is 5. The van der Waals surface area contributed by atoms with Gasteiger partial charge in [-0.25, -0.2) is 14.4 Å². The van der Waals surface area contributed by atoms with E-state index in [9.17, 15) is 14.3 Å². The molecule has 0 radical (unpaired) electrons. The van der Waals surface area contributed by atoms with Crippen LogP contribution in [-0.2, 0) is 0 Å². The van der Waals surface area contributed by atoms with Crippen molar-refractivity contribution in [3.05, 3.63) is 109 Å². The molecular formula is C31H20FN7O2. The van der Waals surface area contributed by atoms with E-state index in [2.05, 4.69) is 25.5 Å². The molecule has 1 amide bonds. The van der Waals surface area contributed by atoms with Gasteiger partial charge in [0.05, 0.1) is 34.1 Å². The number of aromatic nitrogens is 6. The molecule has 0 saturated carbocycles. The van der Waals surface area contributed by atoms with E-state index >= 15 is 0 Å². The second-order valence-corrected chi connectivity index (χ2v) is 9.43. The van der Waals surface area contributed by atoms with Crippen LogP contribution in [0.2, 0.25) is 0 Å². The molecule has 0 fully saturated rings. The largest absolute Gasteiger partial charge is 0.508 e. The number of halogens is 1. The summed E-state index contributed by atoms with van der Waals surface area (Å²) in [5.74, 6) is -0.462. The number of fused-ring (bicyclic) bond motifs is 2. The Morgan fingerprint density at radius 1 is 0.829 bits per heavy atom. The molecule has 0 atom stereocenters. The summed E-state index contributed by atoms with van der Waals surface area (Å²) in [6.45, 7) is 0. The maximum Gasteiger partial charge on any atom is 0.255 e. The lowest BCUT2D eigenvalue weighted by atomic mass is 10.0. The molecule has 7 aromatic rings. The van der Waals surface area contributed by atoms with Crippen LogP contribution in [0.25, 0.3) is 56.0 Å². The average molecular weight is 542 g/mol. The highest BCUT2D eigenvalue weighted by atomic mass is 19.1. The van der Waals surface area contributed by atoms with Crippen molar-refractivity contribution in [1.29, 1.82) is 0 Å². The zero-order valence-corrected chi connectivity index (χ0v) is 21.3. The van der Waals surface area contributed by atoms with E-state index in [1.54, 1.807) is 36.7 Å². The normalized spacial score (nSPS) is 11.2. The van der Waals surface area contributed by atoms with Gasteiger partial charge in [-0.3, -0.25) is 14.9 Å². The predicted molar refractivity (Wildman–Crippen MR) is 154 cm³/mol. The Balaban J connectivity index is 1.25. The molecule has 9 nitrogen and oxygen atoms in total. The predicted octanol–water partition coefficient (Wildman–Crippen LogP) is 6.33. The van der Waals surface area contributed by atoms with Gasteiger partial charge in [-0.1, -0.05) is 30.3 Å². The number of H-pyrrole nitrogens is 2. The number of aromatic hydroxyl groups is 1. The third kappa shape index (κ3) is 4.53. The fraction of sp³-hybridized carbons (Fsp3) is 0. The summed E-state index contributed by atoms with van der Waals surface area (Å²) >= 11 is 0. The molecule has 41 heavy (non-hydrogen) atoms. The first kappa shape index (κ1) is 24.2. The van der Waals surface area contributed by atoms with Crippen molar-refractivity contribution in [3.8, 4) is 39.7 Å². The summed E-state index contributed by atoms with van der Waals surface area (Å²) in [5.41, 5.74) is 6.73. The van der Waals surface area contributed by atoms with E-state index in [4.69, 9.17) is 9.97 Å². The van der Waals surface area contributed by atoms with Crippen LogP contribution in [0.3, 0.4) is 0 Å². The molecule has 7 rings (SSSR count). The van der Waals surface area contributed by atoms with Crippen molar-refractivity contribution in [3.63, 3.8) is 0 Å². The lowest BCUT2D eigenvalue weighted by Gasteiger charge is -2.07. The number of nitrogens with one attached hydrogen (secondary N) is 3. The lowest BCUT2D eigenvalue weighted by Crippen LogP contribution is -2.11. The fourth-order valence-electron chi connectivity index (χ4n) is 4.77. The van der Waals surface area contributed by atoms with E-state index in [0.29, 0.717) is 61.7 Å². The average Bonchev–Trinajstić information content (AvgIpc) is 3.61. The Labute approximate surface area is 231 Å². The number of hydrogen-bond acceptors (Lipinski definition) is 6. The number of anilines is 1. The van der Waals surface area contributed by atoms with Crippen LogP contribution < -0.4 is 5.32 Å². The number of hydrogen-bond donors (Lipinski definition) is 4. The molecule has 0 aliphatic heterocycles. The number of benzene rings is 3. The molecule has 0 aliphatic carbocycles. The third-order valence-corrected chi connectivity index (χ3v) is 6.67. The number of imidazole rings is 1. The van der Waals surface area contributed by atoms with Crippen molar-refractivity contribution >= 4 is 33.7 Å². The van der Waals surface area contributed by atoms with Crippen molar-refractivity contribution in [2.24, 2.45) is 0 Å². The molecule has 10 heteroatoms. The monoisotopic (exact) mass is 541 g/mol. The van der Waals surface area contributed by atoms with Gasteiger partial charge in [0.25, 0.3) is 5.91 Å². The van der Waals surface area contributed by atoms with Gasteiger partial charge in [-0.2, -0.15) is 5.10 Å². The molecule has 4 heterocycles. The van der Waals surface area contributed by atoms with Crippen LogP contribution in [0, 0.1) is 5.82 Å². The van der Waals surface area contributed by atoms with Gasteiger partial charge in [-0.05, 0) is 54.1 Å². The highest BCUT2D eigenvalue weighted by Crippen LogP contribution is 2.33. The van der Waals surface area contributed by atoms with Crippen LogP contribution in [-0.4, -0.2) is 41.1 Å². The smallest absolute Gasteiger partial charge is 0.255 e. The Morgan fingerprint density at radius 2 is 1.71 bits per heavy atom. The standard InChI is InChI=1S/C31H20FN7O2/c32-20-11-18(13-22(40)14-20)23-7-4-8-25-27(23)37-30(36-25)29-28-26(38-39-29)10-9-24(35-28)19-12-21(16-33-15-19)34-31(41)17-5-2-1-3-6-17/h1-16,40H,(H,34,41)(H,36,37)(H,38,39). The van der Waals surface area contributed by atoms with Crippen LogP contribution >= 0.6 is 0 Å². The van der Waals surface area contributed by atoms with Crippen molar-refractivity contribution < 1.29 is 14.3 Å². The van der Waals surface area contributed by atoms with Gasteiger partial charge < -0.3 is 15.4 Å². The van der Waals surface area contributed by atoms with E-state index in [-0.39, 0.29) is 11.7 Å². The minimum Gasteiger partial charge on any atom is -0.508 e. The Morgan fingerprint density at radius 3 is 2.56 bits per heavy atom. The second-order valence-electron chi connectivity index (χ2n) is 9.43. The topological polar surface area (TPSA) is 132 Å².